The molecule has 0 N–H and O–H groups in total. The van der Waals surface area contributed by atoms with E-state index in [9.17, 15) is 9.59 Å². The topological polar surface area (TPSA) is 76.8 Å². The number of hydrogen-bond donors (Lipinski definition) is 0. The van der Waals surface area contributed by atoms with Crippen molar-refractivity contribution in [2.24, 2.45) is 4.99 Å². The summed E-state index contributed by atoms with van der Waals surface area (Å²) >= 11 is 0. The van der Waals surface area contributed by atoms with E-state index in [1.807, 2.05) is 91.0 Å². The second kappa shape index (κ2) is 9.63. The molecule has 0 unspecified atom stereocenters. The van der Waals surface area contributed by atoms with Gasteiger partial charge in [0.25, 0.3) is 11.5 Å². The maximum Gasteiger partial charge on any atom is 0.297 e. The molecule has 5 aromatic rings. The quantitative estimate of drug-likeness (QED) is 0.318. The van der Waals surface area contributed by atoms with Crippen LogP contribution in [0.2, 0.25) is 0 Å². The minimum absolute atomic E-state index is 0.191. The minimum atomic E-state index is -0.442. The number of amides is 1. The summed E-state index contributed by atoms with van der Waals surface area (Å²) in [7, 11) is 1.59. The van der Waals surface area contributed by atoms with Crippen molar-refractivity contribution in [3.8, 4) is 17.1 Å². The number of rotatable bonds is 5. The van der Waals surface area contributed by atoms with Crippen LogP contribution in [0.1, 0.15) is 11.1 Å². The van der Waals surface area contributed by atoms with Gasteiger partial charge >= 0.3 is 0 Å². The SMILES string of the molecule is COc1cccc(/C=C2\N=C(c3ccccc3)N(n3c(-c4ccccc4)nc4ccccc4c3=O)C2=O)c1. The van der Waals surface area contributed by atoms with Gasteiger partial charge in [-0.15, -0.1) is 0 Å². The Morgan fingerprint density at radius 1 is 0.763 bits per heavy atom. The molecule has 7 nitrogen and oxygen atoms in total. The molecule has 0 bridgehead atoms. The molecule has 7 heteroatoms. The van der Waals surface area contributed by atoms with E-state index in [0.29, 0.717) is 39.4 Å². The summed E-state index contributed by atoms with van der Waals surface area (Å²) in [6.45, 7) is 0. The van der Waals surface area contributed by atoms with Crippen molar-refractivity contribution < 1.29 is 9.53 Å². The van der Waals surface area contributed by atoms with Gasteiger partial charge in [0.15, 0.2) is 11.7 Å². The molecule has 4 aromatic carbocycles. The number of hydrogen-bond acceptors (Lipinski definition) is 5. The third kappa shape index (κ3) is 4.06. The molecule has 1 amide bonds. The van der Waals surface area contributed by atoms with E-state index >= 15 is 0 Å². The summed E-state index contributed by atoms with van der Waals surface area (Å²) in [6, 6.07) is 33.1. The van der Waals surface area contributed by atoms with E-state index in [1.54, 1.807) is 31.4 Å². The number of ether oxygens (including phenoxy) is 1. The Bertz CT molecular complexity index is 1790. The van der Waals surface area contributed by atoms with E-state index in [1.165, 1.54) is 9.69 Å². The zero-order valence-electron chi connectivity index (χ0n) is 20.5. The lowest BCUT2D eigenvalue weighted by molar-refractivity contribution is -0.115. The first-order chi connectivity index (χ1) is 18.6. The molecule has 1 aliphatic rings. The number of nitrogens with zero attached hydrogens (tertiary/aromatic N) is 4. The van der Waals surface area contributed by atoms with Crippen LogP contribution in [-0.4, -0.2) is 28.5 Å². The molecule has 2 heterocycles. The second-order valence-corrected chi connectivity index (χ2v) is 8.66. The van der Waals surface area contributed by atoms with E-state index < -0.39 is 5.91 Å². The molecular formula is C31H22N4O3. The van der Waals surface area contributed by atoms with Crippen LogP contribution in [-0.2, 0) is 4.79 Å². The molecular weight excluding hydrogens is 476 g/mol. The monoisotopic (exact) mass is 498 g/mol. The smallest absolute Gasteiger partial charge is 0.297 e. The van der Waals surface area contributed by atoms with Gasteiger partial charge in [0.1, 0.15) is 11.4 Å². The maximum absolute atomic E-state index is 14.0. The lowest BCUT2D eigenvalue weighted by Gasteiger charge is -2.23. The first-order valence-corrected chi connectivity index (χ1v) is 12.1. The van der Waals surface area contributed by atoms with Crippen LogP contribution >= 0.6 is 0 Å². The molecule has 6 rings (SSSR count). The van der Waals surface area contributed by atoms with Gasteiger partial charge in [-0.25, -0.2) is 9.98 Å². The summed E-state index contributed by atoms with van der Waals surface area (Å²) < 4.78 is 6.67. The van der Waals surface area contributed by atoms with Crippen molar-refractivity contribution in [2.45, 2.75) is 0 Å². The predicted molar refractivity (Wildman–Crippen MR) is 149 cm³/mol. The van der Waals surface area contributed by atoms with Gasteiger partial charge in [0, 0.05) is 11.1 Å². The lowest BCUT2D eigenvalue weighted by atomic mass is 10.1. The highest BCUT2D eigenvalue weighted by Crippen LogP contribution is 2.26. The molecule has 0 saturated heterocycles. The van der Waals surface area contributed by atoms with E-state index in [4.69, 9.17) is 14.7 Å². The van der Waals surface area contributed by atoms with Gasteiger partial charge in [-0.3, -0.25) is 9.59 Å². The Labute approximate surface area is 218 Å². The first-order valence-electron chi connectivity index (χ1n) is 12.1. The molecule has 1 aliphatic heterocycles. The van der Waals surface area contributed by atoms with Gasteiger partial charge in [-0.1, -0.05) is 84.9 Å². The predicted octanol–water partition coefficient (Wildman–Crippen LogP) is 5.04. The summed E-state index contributed by atoms with van der Waals surface area (Å²) in [5, 5.41) is 1.73. The van der Waals surface area contributed by atoms with Gasteiger partial charge in [0.2, 0.25) is 0 Å². The van der Waals surface area contributed by atoms with Crippen molar-refractivity contribution in [3.05, 3.63) is 136 Å². The van der Waals surface area contributed by atoms with Gasteiger partial charge < -0.3 is 4.74 Å². The molecule has 0 atom stereocenters. The third-order valence-electron chi connectivity index (χ3n) is 6.25. The number of para-hydroxylation sites is 1. The summed E-state index contributed by atoms with van der Waals surface area (Å²) in [6.07, 6.45) is 1.69. The summed E-state index contributed by atoms with van der Waals surface area (Å²) in [4.78, 5) is 37.6. The van der Waals surface area contributed by atoms with Gasteiger partial charge in [-0.2, -0.15) is 9.69 Å². The standard InChI is InChI=1S/C31H22N4O3/c1-38-24-16-10-11-21(19-24)20-27-31(37)35(29(33-27)23-14-6-3-7-15-23)34-28(22-12-4-2-5-13-22)32-26-18-9-8-17-25(26)30(34)36/h2-20H,1H3/b27-20-. The number of carbonyl (C=O) groups excluding carboxylic acids is 1. The van der Waals surface area contributed by atoms with Crippen LogP contribution in [0.4, 0.5) is 0 Å². The molecule has 1 aromatic heterocycles. The van der Waals surface area contributed by atoms with E-state index in [2.05, 4.69) is 0 Å². The highest BCUT2D eigenvalue weighted by Gasteiger charge is 2.35. The number of carbonyl (C=O) groups is 1. The van der Waals surface area contributed by atoms with Crippen LogP contribution in [0.5, 0.6) is 5.75 Å². The summed E-state index contributed by atoms with van der Waals surface area (Å²) in [5.74, 6) is 0.897. The van der Waals surface area contributed by atoms with Crippen molar-refractivity contribution in [1.82, 2.24) is 9.66 Å². The highest BCUT2D eigenvalue weighted by molar-refractivity contribution is 6.29. The van der Waals surface area contributed by atoms with Crippen LogP contribution in [0, 0.1) is 0 Å². The third-order valence-corrected chi connectivity index (χ3v) is 6.25. The zero-order chi connectivity index (χ0) is 26.1. The number of aromatic nitrogens is 2. The minimum Gasteiger partial charge on any atom is -0.497 e. The number of benzene rings is 4. The Morgan fingerprint density at radius 3 is 2.18 bits per heavy atom. The number of aliphatic imine (C=N–C) groups is 1. The Morgan fingerprint density at radius 2 is 1.45 bits per heavy atom. The molecule has 0 spiro atoms. The summed E-state index contributed by atoms with van der Waals surface area (Å²) in [5.41, 5.74) is 2.50. The van der Waals surface area contributed by atoms with Crippen LogP contribution in [0.15, 0.2) is 125 Å². The largest absolute Gasteiger partial charge is 0.497 e. The van der Waals surface area contributed by atoms with Crippen molar-refractivity contribution >= 4 is 28.7 Å². The molecule has 0 aliphatic carbocycles. The first kappa shape index (κ1) is 23.1. The Hall–Kier alpha value is -5.30. The highest BCUT2D eigenvalue weighted by atomic mass is 16.5. The van der Waals surface area contributed by atoms with Crippen LogP contribution in [0.3, 0.4) is 0 Å². The van der Waals surface area contributed by atoms with E-state index in [0.717, 1.165) is 5.56 Å². The van der Waals surface area contributed by atoms with Crippen LogP contribution in [0.25, 0.3) is 28.4 Å². The average Bonchev–Trinajstić information content (AvgIpc) is 3.29. The second-order valence-electron chi connectivity index (χ2n) is 8.66. The zero-order valence-corrected chi connectivity index (χ0v) is 20.5. The fourth-order valence-corrected chi connectivity index (χ4v) is 4.44. The molecule has 0 saturated carbocycles. The molecule has 38 heavy (non-hydrogen) atoms. The van der Waals surface area contributed by atoms with Crippen molar-refractivity contribution in [1.29, 1.82) is 0 Å². The van der Waals surface area contributed by atoms with Gasteiger partial charge in [-0.05, 0) is 35.9 Å². The fraction of sp³-hybridized carbons (Fsp3) is 0.0323. The number of fused-ring (bicyclic) bond motifs is 1. The Balaban J connectivity index is 1.61. The lowest BCUT2D eigenvalue weighted by Crippen LogP contribution is -2.49. The number of amidine groups is 1. The molecule has 0 fully saturated rings. The normalized spacial score (nSPS) is 14.2. The number of methoxy groups -OCH3 is 1. The van der Waals surface area contributed by atoms with E-state index in [-0.39, 0.29) is 11.3 Å². The maximum atomic E-state index is 14.0. The molecule has 184 valence electrons. The average molecular weight is 499 g/mol. The fourth-order valence-electron chi connectivity index (χ4n) is 4.44. The van der Waals surface area contributed by atoms with Gasteiger partial charge in [0.05, 0.1) is 18.0 Å². The Kier molecular flexibility index (Phi) is 5.86. The van der Waals surface area contributed by atoms with Crippen molar-refractivity contribution in [3.63, 3.8) is 0 Å². The van der Waals surface area contributed by atoms with Crippen LogP contribution < -0.4 is 15.3 Å². The molecule has 0 radical (unpaired) electrons. The van der Waals surface area contributed by atoms with Crippen molar-refractivity contribution in [2.75, 3.05) is 12.1 Å².